The fourth-order valence-corrected chi connectivity index (χ4v) is 2.24. The van der Waals surface area contributed by atoms with Gasteiger partial charge in [-0.25, -0.2) is 4.39 Å². The molecule has 2 aromatic carbocycles. The number of rotatable bonds is 2. The van der Waals surface area contributed by atoms with Crippen molar-refractivity contribution in [3.8, 4) is 17.1 Å². The van der Waals surface area contributed by atoms with Gasteiger partial charge in [0.1, 0.15) is 5.82 Å². The topological polar surface area (TPSA) is 69.6 Å². The van der Waals surface area contributed by atoms with Gasteiger partial charge >= 0.3 is 0 Å². The van der Waals surface area contributed by atoms with Crippen LogP contribution >= 0.6 is 15.9 Å². The third kappa shape index (κ3) is 2.27. The van der Waals surface area contributed by atoms with Gasteiger partial charge in [0.15, 0.2) is 5.82 Å². The normalized spacial score (nSPS) is 10.7. The molecule has 0 radical (unpaired) electrons. The Morgan fingerprint density at radius 3 is 2.75 bits per heavy atom. The zero-order valence-corrected chi connectivity index (χ0v) is 11.7. The second-order valence-electron chi connectivity index (χ2n) is 4.13. The van der Waals surface area contributed by atoms with E-state index in [0.29, 0.717) is 17.1 Å². The Balaban J connectivity index is 2.15. The van der Waals surface area contributed by atoms with Gasteiger partial charge in [-0.3, -0.25) is 0 Å². The first kappa shape index (κ1) is 12.7. The van der Waals surface area contributed by atoms with E-state index < -0.39 is 5.82 Å². The molecule has 0 saturated heterocycles. The molecule has 1 aromatic heterocycles. The highest BCUT2D eigenvalue weighted by Crippen LogP contribution is 2.25. The Hall–Kier alpha value is -2.28. The van der Waals surface area contributed by atoms with Crippen LogP contribution in [0.5, 0.6) is 0 Å². The summed E-state index contributed by atoms with van der Waals surface area (Å²) in [4.78, 5) is 0. The highest BCUT2D eigenvalue weighted by Gasteiger charge is 2.15. The van der Waals surface area contributed by atoms with E-state index in [-0.39, 0.29) is 0 Å². The molecule has 3 rings (SSSR count). The Morgan fingerprint density at radius 2 is 2.00 bits per heavy atom. The highest BCUT2D eigenvalue weighted by atomic mass is 79.9. The predicted molar refractivity (Wildman–Crippen MR) is 76.7 cm³/mol. The fraction of sp³-hybridized carbons (Fsp3) is 0. The molecule has 0 aliphatic heterocycles. The molecule has 0 fully saturated rings. The van der Waals surface area contributed by atoms with Crippen molar-refractivity contribution in [2.45, 2.75) is 0 Å². The molecule has 0 aliphatic rings. The van der Waals surface area contributed by atoms with Crippen LogP contribution in [0.15, 0.2) is 46.9 Å². The lowest BCUT2D eigenvalue weighted by atomic mass is 10.2. The van der Waals surface area contributed by atoms with Crippen LogP contribution in [-0.2, 0) is 0 Å². The predicted octanol–water partition coefficient (Wildman–Crippen LogP) is 2.81. The van der Waals surface area contributed by atoms with Crippen molar-refractivity contribution in [2.24, 2.45) is 0 Å². The first-order valence-electron chi connectivity index (χ1n) is 5.75. The van der Waals surface area contributed by atoms with Gasteiger partial charge in [0, 0.05) is 10.2 Å². The molecule has 1 heterocycles. The summed E-state index contributed by atoms with van der Waals surface area (Å²) in [5, 5.41) is 11.4. The molecule has 3 aromatic rings. The minimum atomic E-state index is -0.462. The summed E-state index contributed by atoms with van der Waals surface area (Å²) in [6.45, 7) is 0. The summed E-state index contributed by atoms with van der Waals surface area (Å²) in [5.41, 5.74) is 6.93. The van der Waals surface area contributed by atoms with E-state index >= 15 is 0 Å². The molecule has 0 atom stereocenters. The number of benzene rings is 2. The number of halogens is 2. The van der Waals surface area contributed by atoms with Crippen molar-refractivity contribution in [3.05, 3.63) is 52.8 Å². The number of hydrogen-bond donors (Lipinski definition) is 1. The highest BCUT2D eigenvalue weighted by molar-refractivity contribution is 9.10. The minimum absolute atomic E-state index is 0.296. The minimum Gasteiger partial charge on any atom is -0.399 e. The monoisotopic (exact) mass is 333 g/mol. The second kappa shape index (κ2) is 5.01. The summed E-state index contributed by atoms with van der Waals surface area (Å²) in [6, 6.07) is 11.8. The maximum Gasteiger partial charge on any atom is 0.190 e. The first-order valence-corrected chi connectivity index (χ1v) is 6.54. The van der Waals surface area contributed by atoms with Crippen molar-refractivity contribution in [1.29, 1.82) is 0 Å². The maximum atomic E-state index is 14.0. The van der Waals surface area contributed by atoms with E-state index in [9.17, 15) is 4.39 Å². The summed E-state index contributed by atoms with van der Waals surface area (Å²) in [5.74, 6) is -0.142. The number of nitrogens with two attached hydrogens (primary N) is 1. The Kier molecular flexibility index (Phi) is 3.19. The largest absolute Gasteiger partial charge is 0.399 e. The van der Waals surface area contributed by atoms with Gasteiger partial charge in [0.05, 0.1) is 11.3 Å². The van der Waals surface area contributed by atoms with Crippen LogP contribution in [0.3, 0.4) is 0 Å². The number of nitrogens with zero attached hydrogens (tertiary/aromatic N) is 4. The third-order valence-electron chi connectivity index (χ3n) is 2.76. The van der Waals surface area contributed by atoms with Crippen LogP contribution in [0, 0.1) is 5.82 Å². The quantitative estimate of drug-likeness (QED) is 0.732. The SMILES string of the molecule is Nc1ccc(-c2nnnn2-c2cccc(Br)c2)c(F)c1. The molecule has 0 aliphatic carbocycles. The Bertz CT molecular complexity index is 771. The van der Waals surface area contributed by atoms with Crippen molar-refractivity contribution in [1.82, 2.24) is 20.2 Å². The molecule has 7 heteroatoms. The van der Waals surface area contributed by atoms with Crippen LogP contribution in [0.25, 0.3) is 17.1 Å². The van der Waals surface area contributed by atoms with Crippen LogP contribution in [0.2, 0.25) is 0 Å². The van der Waals surface area contributed by atoms with E-state index in [1.54, 1.807) is 12.1 Å². The van der Waals surface area contributed by atoms with Gasteiger partial charge in [-0.15, -0.1) is 5.10 Å². The number of anilines is 1. The average molecular weight is 334 g/mol. The molecule has 0 unspecified atom stereocenters. The molecule has 0 bridgehead atoms. The first-order chi connectivity index (χ1) is 9.65. The molecule has 5 nitrogen and oxygen atoms in total. The van der Waals surface area contributed by atoms with Crippen LogP contribution in [-0.4, -0.2) is 20.2 Å². The molecule has 0 saturated carbocycles. The van der Waals surface area contributed by atoms with Gasteiger partial charge in [-0.1, -0.05) is 22.0 Å². The van der Waals surface area contributed by atoms with E-state index in [4.69, 9.17) is 5.73 Å². The van der Waals surface area contributed by atoms with Crippen molar-refractivity contribution >= 4 is 21.6 Å². The van der Waals surface area contributed by atoms with E-state index in [0.717, 1.165) is 10.2 Å². The zero-order valence-electron chi connectivity index (χ0n) is 10.2. The number of aromatic nitrogens is 4. The van der Waals surface area contributed by atoms with Gasteiger partial charge < -0.3 is 5.73 Å². The molecular formula is C13H9BrFN5. The lowest BCUT2D eigenvalue weighted by Crippen LogP contribution is -2.01. The third-order valence-corrected chi connectivity index (χ3v) is 3.25. The maximum absolute atomic E-state index is 14.0. The Labute approximate surface area is 122 Å². The smallest absolute Gasteiger partial charge is 0.190 e. The zero-order chi connectivity index (χ0) is 14.1. The summed E-state index contributed by atoms with van der Waals surface area (Å²) in [7, 11) is 0. The van der Waals surface area contributed by atoms with Gasteiger partial charge in [-0.05, 0) is 46.8 Å². The lowest BCUT2D eigenvalue weighted by molar-refractivity contribution is 0.629. The second-order valence-corrected chi connectivity index (χ2v) is 5.05. The van der Waals surface area contributed by atoms with Crippen LogP contribution < -0.4 is 5.73 Å². The Morgan fingerprint density at radius 1 is 1.15 bits per heavy atom. The standard InChI is InChI=1S/C13H9BrFN5/c14-8-2-1-3-10(6-8)20-13(17-18-19-20)11-5-4-9(16)7-12(11)15/h1-7H,16H2. The number of hydrogen-bond acceptors (Lipinski definition) is 4. The number of tetrazole rings is 1. The van der Waals surface area contributed by atoms with Crippen LogP contribution in [0.1, 0.15) is 0 Å². The van der Waals surface area contributed by atoms with Gasteiger partial charge in [0.25, 0.3) is 0 Å². The molecule has 0 amide bonds. The summed E-state index contributed by atoms with van der Waals surface area (Å²) >= 11 is 3.38. The summed E-state index contributed by atoms with van der Waals surface area (Å²) in [6.07, 6.45) is 0. The average Bonchev–Trinajstić information content (AvgIpc) is 2.87. The molecular weight excluding hydrogens is 325 g/mol. The molecule has 100 valence electrons. The summed E-state index contributed by atoms with van der Waals surface area (Å²) < 4.78 is 16.3. The van der Waals surface area contributed by atoms with E-state index in [1.807, 2.05) is 24.3 Å². The van der Waals surface area contributed by atoms with Crippen molar-refractivity contribution < 1.29 is 4.39 Å². The fourth-order valence-electron chi connectivity index (χ4n) is 1.85. The molecule has 20 heavy (non-hydrogen) atoms. The lowest BCUT2D eigenvalue weighted by Gasteiger charge is -2.06. The van der Waals surface area contributed by atoms with Gasteiger partial charge in [0.2, 0.25) is 0 Å². The molecule has 0 spiro atoms. The van der Waals surface area contributed by atoms with E-state index in [2.05, 4.69) is 31.5 Å². The van der Waals surface area contributed by atoms with Gasteiger partial charge in [-0.2, -0.15) is 4.68 Å². The van der Waals surface area contributed by atoms with Crippen LogP contribution in [0.4, 0.5) is 10.1 Å². The molecule has 2 N–H and O–H groups in total. The number of nitrogen functional groups attached to an aromatic ring is 1. The van der Waals surface area contributed by atoms with E-state index in [1.165, 1.54) is 10.7 Å². The van der Waals surface area contributed by atoms with Crippen molar-refractivity contribution in [3.63, 3.8) is 0 Å². The van der Waals surface area contributed by atoms with Crippen molar-refractivity contribution in [2.75, 3.05) is 5.73 Å².